The molecule has 1 aliphatic rings. The van der Waals surface area contributed by atoms with E-state index in [1.807, 2.05) is 24.3 Å². The van der Waals surface area contributed by atoms with E-state index in [4.69, 9.17) is 5.11 Å². The van der Waals surface area contributed by atoms with Gasteiger partial charge in [-0.15, -0.1) is 0 Å². The first-order chi connectivity index (χ1) is 15.0. The van der Waals surface area contributed by atoms with Crippen LogP contribution in [0.15, 0.2) is 42.5 Å². The van der Waals surface area contributed by atoms with Gasteiger partial charge in [-0.05, 0) is 48.7 Å². The van der Waals surface area contributed by atoms with Gasteiger partial charge in [0.2, 0.25) is 0 Å². The molecule has 0 amide bonds. The zero-order valence-corrected chi connectivity index (χ0v) is 17.5. The van der Waals surface area contributed by atoms with Crippen molar-refractivity contribution in [3.05, 3.63) is 76.5 Å². The molecule has 3 aromatic rings. The standard InChI is InChI=1S/C24H22F4N2O2/c1-13-9-16-15-5-3-4-6-19(15)29-22(16)23(30(13)12-24(2,27)28)21-17(25)10-14(11-18(21)26)7-8-20(31)32/h3-8,10-11,13,23,29H,9,12H2,1-2H3,(H,31,32)/b8-7+/t13-,23?/m1/s1. The number of H-pyrrole nitrogens is 1. The molecule has 0 bridgehead atoms. The van der Waals surface area contributed by atoms with E-state index in [2.05, 4.69) is 4.98 Å². The molecule has 0 saturated heterocycles. The fourth-order valence-corrected chi connectivity index (χ4v) is 4.51. The van der Waals surface area contributed by atoms with Crippen molar-refractivity contribution in [3.63, 3.8) is 0 Å². The largest absolute Gasteiger partial charge is 0.478 e. The normalized spacial score (nSPS) is 19.6. The summed E-state index contributed by atoms with van der Waals surface area (Å²) >= 11 is 0. The lowest BCUT2D eigenvalue weighted by molar-refractivity contribution is -0.131. The van der Waals surface area contributed by atoms with Gasteiger partial charge >= 0.3 is 5.97 Å². The Hall–Kier alpha value is -3.13. The van der Waals surface area contributed by atoms with E-state index >= 15 is 8.78 Å². The van der Waals surface area contributed by atoms with E-state index in [-0.39, 0.29) is 11.1 Å². The number of nitrogens with zero attached hydrogens (tertiary/aromatic N) is 1. The third-order valence-corrected chi connectivity index (χ3v) is 5.77. The van der Waals surface area contributed by atoms with Crippen LogP contribution in [0.2, 0.25) is 0 Å². The van der Waals surface area contributed by atoms with Crippen LogP contribution in [0.4, 0.5) is 17.6 Å². The first-order valence-electron chi connectivity index (χ1n) is 10.2. The molecule has 1 aromatic heterocycles. The van der Waals surface area contributed by atoms with Crippen LogP contribution < -0.4 is 0 Å². The number of hydrogen-bond acceptors (Lipinski definition) is 2. The van der Waals surface area contributed by atoms with E-state index in [1.54, 1.807) is 6.92 Å². The van der Waals surface area contributed by atoms with E-state index in [0.29, 0.717) is 12.1 Å². The molecule has 32 heavy (non-hydrogen) atoms. The summed E-state index contributed by atoms with van der Waals surface area (Å²) in [5.74, 6) is -6.19. The van der Waals surface area contributed by atoms with Gasteiger partial charge in [0.15, 0.2) is 0 Å². The van der Waals surface area contributed by atoms with Crippen molar-refractivity contribution in [1.29, 1.82) is 0 Å². The Morgan fingerprint density at radius 2 is 1.91 bits per heavy atom. The number of rotatable bonds is 5. The molecule has 4 nitrogen and oxygen atoms in total. The smallest absolute Gasteiger partial charge is 0.328 e. The highest BCUT2D eigenvalue weighted by Crippen LogP contribution is 2.43. The van der Waals surface area contributed by atoms with Crippen LogP contribution in [0.5, 0.6) is 0 Å². The minimum atomic E-state index is -3.08. The molecule has 1 aliphatic heterocycles. The summed E-state index contributed by atoms with van der Waals surface area (Å²) in [4.78, 5) is 15.4. The van der Waals surface area contributed by atoms with Crippen LogP contribution in [0.25, 0.3) is 17.0 Å². The average Bonchev–Trinajstić information content (AvgIpc) is 3.05. The Morgan fingerprint density at radius 1 is 1.25 bits per heavy atom. The van der Waals surface area contributed by atoms with Crippen LogP contribution in [0, 0.1) is 11.6 Å². The molecule has 8 heteroatoms. The predicted octanol–water partition coefficient (Wildman–Crippen LogP) is 5.54. The van der Waals surface area contributed by atoms with E-state index in [1.165, 1.54) is 4.90 Å². The van der Waals surface area contributed by atoms with Crippen molar-refractivity contribution in [2.24, 2.45) is 0 Å². The molecule has 0 fully saturated rings. The van der Waals surface area contributed by atoms with E-state index in [9.17, 15) is 13.6 Å². The van der Waals surface area contributed by atoms with Gasteiger partial charge in [0, 0.05) is 41.2 Å². The second kappa shape index (κ2) is 8.09. The summed E-state index contributed by atoms with van der Waals surface area (Å²) in [5, 5.41) is 9.66. The molecule has 168 valence electrons. The molecule has 2 aromatic carbocycles. The van der Waals surface area contributed by atoms with Crippen molar-refractivity contribution in [3.8, 4) is 0 Å². The highest BCUT2D eigenvalue weighted by molar-refractivity contribution is 5.86. The molecule has 2 N–H and O–H groups in total. The number of para-hydroxylation sites is 1. The fraction of sp³-hybridized carbons (Fsp3) is 0.292. The Balaban J connectivity index is 1.92. The number of hydrogen-bond donors (Lipinski definition) is 2. The number of aromatic nitrogens is 1. The van der Waals surface area contributed by atoms with Crippen LogP contribution in [-0.4, -0.2) is 39.5 Å². The lowest BCUT2D eigenvalue weighted by Crippen LogP contribution is -2.47. The lowest BCUT2D eigenvalue weighted by Gasteiger charge is -2.42. The number of aromatic amines is 1. The summed E-state index contributed by atoms with van der Waals surface area (Å²) < 4.78 is 58.7. The van der Waals surface area contributed by atoms with Gasteiger partial charge in [0.05, 0.1) is 12.6 Å². The number of aliphatic carboxylic acids is 1. The van der Waals surface area contributed by atoms with Crippen molar-refractivity contribution in [1.82, 2.24) is 9.88 Å². The Bertz CT molecular complexity index is 1190. The van der Waals surface area contributed by atoms with Crippen LogP contribution in [0.3, 0.4) is 0 Å². The number of carboxylic acid groups (broad SMARTS) is 1. The molecule has 0 radical (unpaired) electrons. The molecule has 0 spiro atoms. The number of carbonyl (C=O) groups is 1. The number of halogens is 4. The summed E-state index contributed by atoms with van der Waals surface area (Å²) in [7, 11) is 0. The van der Waals surface area contributed by atoms with Gasteiger partial charge in [-0.2, -0.15) is 0 Å². The fourth-order valence-electron chi connectivity index (χ4n) is 4.51. The summed E-state index contributed by atoms with van der Waals surface area (Å²) in [6.45, 7) is 1.88. The van der Waals surface area contributed by atoms with Gasteiger partial charge in [0.1, 0.15) is 11.6 Å². The van der Waals surface area contributed by atoms with E-state index < -0.39 is 42.2 Å². The third kappa shape index (κ3) is 4.14. The zero-order valence-electron chi connectivity index (χ0n) is 17.5. The maximum Gasteiger partial charge on any atom is 0.328 e. The van der Waals surface area contributed by atoms with Gasteiger partial charge < -0.3 is 10.1 Å². The summed E-state index contributed by atoms with van der Waals surface area (Å²) in [6, 6.07) is 7.95. The minimum absolute atomic E-state index is 0.0271. The highest BCUT2D eigenvalue weighted by Gasteiger charge is 2.42. The monoisotopic (exact) mass is 446 g/mol. The maximum absolute atomic E-state index is 15.3. The molecule has 2 heterocycles. The molecule has 2 atom stereocenters. The quantitative estimate of drug-likeness (QED) is 0.400. The Labute approximate surface area is 182 Å². The van der Waals surface area contributed by atoms with Gasteiger partial charge in [0.25, 0.3) is 5.92 Å². The van der Waals surface area contributed by atoms with Gasteiger partial charge in [-0.1, -0.05) is 18.2 Å². The second-order valence-electron chi connectivity index (χ2n) is 8.33. The zero-order chi connectivity index (χ0) is 23.2. The van der Waals surface area contributed by atoms with Crippen molar-refractivity contribution >= 4 is 22.9 Å². The minimum Gasteiger partial charge on any atom is -0.478 e. The van der Waals surface area contributed by atoms with Crippen LogP contribution in [-0.2, 0) is 11.2 Å². The Morgan fingerprint density at radius 3 is 2.53 bits per heavy atom. The topological polar surface area (TPSA) is 56.3 Å². The molecular weight excluding hydrogens is 424 g/mol. The first-order valence-corrected chi connectivity index (χ1v) is 10.2. The first kappa shape index (κ1) is 22.1. The van der Waals surface area contributed by atoms with Gasteiger partial charge in [-0.25, -0.2) is 22.4 Å². The molecule has 0 aliphatic carbocycles. The highest BCUT2D eigenvalue weighted by atomic mass is 19.3. The summed E-state index contributed by atoms with van der Waals surface area (Å²) in [6.07, 6.45) is 2.30. The number of fused-ring (bicyclic) bond motifs is 3. The maximum atomic E-state index is 15.3. The molecule has 0 saturated carbocycles. The van der Waals surface area contributed by atoms with Crippen LogP contribution >= 0.6 is 0 Å². The van der Waals surface area contributed by atoms with Crippen molar-refractivity contribution < 1.29 is 27.5 Å². The third-order valence-electron chi connectivity index (χ3n) is 5.77. The SMILES string of the molecule is C[C@@H]1Cc2c([nH]c3ccccc23)C(c2c(F)cc(/C=C/C(=O)O)cc2F)N1CC(C)(F)F. The molecule has 1 unspecified atom stereocenters. The van der Waals surface area contributed by atoms with Crippen molar-refractivity contribution in [2.75, 3.05) is 6.54 Å². The Kier molecular flexibility index (Phi) is 5.58. The van der Waals surface area contributed by atoms with Crippen LogP contribution in [0.1, 0.15) is 42.3 Å². The number of carboxylic acids is 1. The predicted molar refractivity (Wildman–Crippen MR) is 114 cm³/mol. The molecular formula is C24H22F4N2O2. The number of benzene rings is 2. The van der Waals surface area contributed by atoms with Gasteiger partial charge in [-0.3, -0.25) is 4.90 Å². The number of alkyl halides is 2. The number of nitrogens with one attached hydrogen (secondary N) is 1. The van der Waals surface area contributed by atoms with Crippen molar-refractivity contribution in [2.45, 2.75) is 38.3 Å². The molecule has 4 rings (SSSR count). The lowest BCUT2D eigenvalue weighted by atomic mass is 9.87. The average molecular weight is 446 g/mol. The summed E-state index contributed by atoms with van der Waals surface area (Å²) in [5.41, 5.74) is 1.78. The second-order valence-corrected chi connectivity index (χ2v) is 8.33. The van der Waals surface area contributed by atoms with E-state index in [0.717, 1.165) is 47.7 Å².